The van der Waals surface area contributed by atoms with Gasteiger partial charge in [-0.1, -0.05) is 58.4 Å². The lowest BCUT2D eigenvalue weighted by atomic mass is 10.0. The number of aliphatic carboxylic acids is 1. The van der Waals surface area contributed by atoms with E-state index >= 15 is 0 Å². The standard InChI is InChI=1S/C17H18BrNO2/c1-12(15-8-4-5-9-16(15)18)19-11-14-7-3-2-6-13(14)10-17(20)21/h2-9,12,19H,10-11H2,1H3,(H,20,21)/t12-/m0/s1. The molecular formula is C17H18BrNO2. The van der Waals surface area contributed by atoms with Crippen molar-refractivity contribution in [2.75, 3.05) is 0 Å². The molecule has 1 atom stereocenters. The summed E-state index contributed by atoms with van der Waals surface area (Å²) < 4.78 is 1.07. The first-order chi connectivity index (χ1) is 10.1. The monoisotopic (exact) mass is 347 g/mol. The van der Waals surface area contributed by atoms with E-state index in [1.54, 1.807) is 0 Å². The molecular weight excluding hydrogens is 330 g/mol. The molecule has 2 aromatic carbocycles. The molecule has 0 aliphatic heterocycles. The van der Waals surface area contributed by atoms with Crippen LogP contribution in [0.15, 0.2) is 53.0 Å². The summed E-state index contributed by atoms with van der Waals surface area (Å²) in [4.78, 5) is 10.9. The largest absolute Gasteiger partial charge is 0.481 e. The van der Waals surface area contributed by atoms with Gasteiger partial charge in [-0.15, -0.1) is 0 Å². The van der Waals surface area contributed by atoms with Crippen LogP contribution in [0.5, 0.6) is 0 Å². The third-order valence-corrected chi connectivity index (χ3v) is 4.15. The average Bonchev–Trinajstić information content (AvgIpc) is 2.46. The van der Waals surface area contributed by atoms with Gasteiger partial charge in [-0.2, -0.15) is 0 Å². The van der Waals surface area contributed by atoms with Crippen LogP contribution >= 0.6 is 15.9 Å². The number of carbonyl (C=O) groups is 1. The smallest absolute Gasteiger partial charge is 0.307 e. The van der Waals surface area contributed by atoms with Crippen molar-refractivity contribution in [1.82, 2.24) is 5.32 Å². The number of benzene rings is 2. The first-order valence-corrected chi connectivity index (χ1v) is 7.63. The van der Waals surface area contributed by atoms with E-state index in [1.165, 1.54) is 5.56 Å². The van der Waals surface area contributed by atoms with E-state index < -0.39 is 5.97 Å². The highest BCUT2D eigenvalue weighted by atomic mass is 79.9. The highest BCUT2D eigenvalue weighted by Crippen LogP contribution is 2.23. The van der Waals surface area contributed by atoms with Gasteiger partial charge < -0.3 is 10.4 Å². The Morgan fingerprint density at radius 3 is 2.43 bits per heavy atom. The first kappa shape index (κ1) is 15.7. The normalized spacial score (nSPS) is 12.1. The van der Waals surface area contributed by atoms with Crippen molar-refractivity contribution in [3.05, 3.63) is 69.7 Å². The zero-order valence-corrected chi connectivity index (χ0v) is 13.4. The van der Waals surface area contributed by atoms with E-state index in [-0.39, 0.29) is 12.5 Å². The molecule has 0 saturated heterocycles. The number of carboxylic acid groups (broad SMARTS) is 1. The number of hydrogen-bond acceptors (Lipinski definition) is 2. The van der Waals surface area contributed by atoms with Gasteiger partial charge >= 0.3 is 5.97 Å². The predicted octanol–water partition coefficient (Wildman–Crippen LogP) is 3.93. The molecule has 0 aliphatic rings. The Morgan fingerprint density at radius 1 is 1.14 bits per heavy atom. The Kier molecular flexibility index (Phi) is 5.53. The van der Waals surface area contributed by atoms with Crippen molar-refractivity contribution >= 4 is 21.9 Å². The van der Waals surface area contributed by atoms with E-state index in [2.05, 4.69) is 34.2 Å². The third-order valence-electron chi connectivity index (χ3n) is 3.43. The number of halogens is 1. The van der Waals surface area contributed by atoms with Gasteiger partial charge in [0.05, 0.1) is 6.42 Å². The van der Waals surface area contributed by atoms with Gasteiger partial charge in [-0.05, 0) is 29.7 Å². The molecule has 0 aliphatic carbocycles. The minimum atomic E-state index is -0.804. The summed E-state index contributed by atoms with van der Waals surface area (Å²) in [5, 5.41) is 12.4. The maximum absolute atomic E-state index is 10.9. The summed E-state index contributed by atoms with van der Waals surface area (Å²) in [6, 6.07) is 15.9. The molecule has 0 radical (unpaired) electrons. The lowest BCUT2D eigenvalue weighted by molar-refractivity contribution is -0.136. The van der Waals surface area contributed by atoms with Gasteiger partial charge in [0.1, 0.15) is 0 Å². The average molecular weight is 348 g/mol. The summed E-state index contributed by atoms with van der Waals surface area (Å²) in [7, 11) is 0. The van der Waals surface area contributed by atoms with E-state index in [0.717, 1.165) is 15.6 Å². The van der Waals surface area contributed by atoms with Crippen LogP contribution in [0.2, 0.25) is 0 Å². The molecule has 3 nitrogen and oxygen atoms in total. The van der Waals surface area contributed by atoms with Gasteiger partial charge in [-0.25, -0.2) is 0 Å². The van der Waals surface area contributed by atoms with Crippen molar-refractivity contribution in [3.8, 4) is 0 Å². The van der Waals surface area contributed by atoms with Crippen LogP contribution in [0.1, 0.15) is 29.7 Å². The molecule has 0 aromatic heterocycles. The maximum Gasteiger partial charge on any atom is 0.307 e. The Morgan fingerprint density at radius 2 is 1.76 bits per heavy atom. The topological polar surface area (TPSA) is 49.3 Å². The molecule has 0 spiro atoms. The number of rotatable bonds is 6. The predicted molar refractivity (Wildman–Crippen MR) is 87.2 cm³/mol. The van der Waals surface area contributed by atoms with Crippen LogP contribution in [0.4, 0.5) is 0 Å². The molecule has 110 valence electrons. The SMILES string of the molecule is C[C@H](NCc1ccccc1CC(=O)O)c1ccccc1Br. The van der Waals surface area contributed by atoms with E-state index in [1.807, 2.05) is 42.5 Å². The first-order valence-electron chi connectivity index (χ1n) is 6.84. The quantitative estimate of drug-likeness (QED) is 0.832. The Hall–Kier alpha value is -1.65. The summed E-state index contributed by atoms with van der Waals surface area (Å²) in [5.41, 5.74) is 3.07. The van der Waals surface area contributed by atoms with Crippen LogP contribution in [-0.2, 0) is 17.8 Å². The lowest BCUT2D eigenvalue weighted by Gasteiger charge is -2.17. The molecule has 4 heteroatoms. The van der Waals surface area contributed by atoms with Gasteiger partial charge in [0.15, 0.2) is 0 Å². The molecule has 2 N–H and O–H groups in total. The highest BCUT2D eigenvalue weighted by molar-refractivity contribution is 9.10. The minimum Gasteiger partial charge on any atom is -0.481 e. The zero-order chi connectivity index (χ0) is 15.2. The molecule has 0 saturated carbocycles. The molecule has 0 fully saturated rings. The van der Waals surface area contributed by atoms with Gasteiger partial charge in [-0.3, -0.25) is 4.79 Å². The fourth-order valence-electron chi connectivity index (χ4n) is 2.26. The molecule has 0 amide bonds. The van der Waals surface area contributed by atoms with E-state index in [0.29, 0.717) is 6.54 Å². The van der Waals surface area contributed by atoms with Crippen LogP contribution in [-0.4, -0.2) is 11.1 Å². The Bertz CT molecular complexity index is 628. The summed E-state index contributed by atoms with van der Waals surface area (Å²) in [5.74, 6) is -0.804. The van der Waals surface area contributed by atoms with Gasteiger partial charge in [0.25, 0.3) is 0 Å². The summed E-state index contributed by atoms with van der Waals surface area (Å²) in [6.07, 6.45) is 0.0568. The zero-order valence-electron chi connectivity index (χ0n) is 11.8. The van der Waals surface area contributed by atoms with Crippen molar-refractivity contribution in [1.29, 1.82) is 0 Å². The molecule has 0 unspecified atom stereocenters. The second kappa shape index (κ2) is 7.38. The number of nitrogens with one attached hydrogen (secondary N) is 1. The van der Waals surface area contributed by atoms with Gasteiger partial charge in [0.2, 0.25) is 0 Å². The van der Waals surface area contributed by atoms with Crippen LogP contribution in [0.3, 0.4) is 0 Å². The minimum absolute atomic E-state index is 0.0568. The maximum atomic E-state index is 10.9. The van der Waals surface area contributed by atoms with Crippen molar-refractivity contribution in [2.45, 2.75) is 25.9 Å². The van der Waals surface area contributed by atoms with E-state index in [9.17, 15) is 4.79 Å². The van der Waals surface area contributed by atoms with Crippen molar-refractivity contribution < 1.29 is 9.90 Å². The lowest BCUT2D eigenvalue weighted by Crippen LogP contribution is -2.19. The molecule has 0 bridgehead atoms. The van der Waals surface area contributed by atoms with Crippen molar-refractivity contribution in [3.63, 3.8) is 0 Å². The Balaban J connectivity index is 2.06. The fraction of sp³-hybridized carbons (Fsp3) is 0.235. The highest BCUT2D eigenvalue weighted by Gasteiger charge is 2.10. The molecule has 2 aromatic rings. The Labute approximate surface area is 133 Å². The third kappa shape index (κ3) is 4.41. The second-order valence-corrected chi connectivity index (χ2v) is 5.82. The number of carboxylic acids is 1. The van der Waals surface area contributed by atoms with Crippen molar-refractivity contribution in [2.24, 2.45) is 0 Å². The van der Waals surface area contributed by atoms with Crippen LogP contribution < -0.4 is 5.32 Å². The summed E-state index contributed by atoms with van der Waals surface area (Å²) in [6.45, 7) is 2.74. The summed E-state index contributed by atoms with van der Waals surface area (Å²) >= 11 is 3.55. The van der Waals surface area contributed by atoms with Crippen LogP contribution in [0, 0.1) is 0 Å². The molecule has 21 heavy (non-hydrogen) atoms. The fourth-order valence-corrected chi connectivity index (χ4v) is 2.89. The van der Waals surface area contributed by atoms with Gasteiger partial charge in [0, 0.05) is 17.1 Å². The molecule has 0 heterocycles. The second-order valence-electron chi connectivity index (χ2n) is 4.96. The van der Waals surface area contributed by atoms with Crippen LogP contribution in [0.25, 0.3) is 0 Å². The molecule has 2 rings (SSSR count). The van der Waals surface area contributed by atoms with E-state index in [4.69, 9.17) is 5.11 Å². The number of hydrogen-bond donors (Lipinski definition) is 2.